The average molecular weight is 429 g/mol. The molecule has 1 aromatic carbocycles. The first-order chi connectivity index (χ1) is 15.2. The van der Waals surface area contributed by atoms with Gasteiger partial charge in [0.05, 0.1) is 7.11 Å². The van der Waals surface area contributed by atoms with Gasteiger partial charge in [-0.15, -0.1) is 0 Å². The predicted octanol–water partition coefficient (Wildman–Crippen LogP) is 8.67. The number of hydrogen-bond donors (Lipinski definition) is 0. The number of esters is 1. The molecule has 0 atom stereocenters. The van der Waals surface area contributed by atoms with Gasteiger partial charge in [0, 0.05) is 6.42 Å². The molecule has 0 aliphatic carbocycles. The Morgan fingerprint density at radius 3 is 2.06 bits per heavy atom. The van der Waals surface area contributed by atoms with Crippen molar-refractivity contribution < 1.29 is 14.3 Å². The number of allylic oxidation sites excluding steroid dienone is 3. The minimum Gasteiger partial charge on any atom is -0.493 e. The Hall–Kier alpha value is -2.03. The Bertz CT molecular complexity index is 646. The molecule has 31 heavy (non-hydrogen) atoms. The zero-order valence-corrected chi connectivity index (χ0v) is 20.2. The second-order valence-corrected chi connectivity index (χ2v) is 8.22. The van der Waals surface area contributed by atoms with Crippen molar-refractivity contribution in [2.45, 2.75) is 104 Å². The number of benzene rings is 1. The maximum atomic E-state index is 12.1. The molecule has 0 heterocycles. The van der Waals surface area contributed by atoms with Crippen LogP contribution in [-0.2, 0) is 4.79 Å². The third-order valence-electron chi connectivity index (χ3n) is 5.41. The minimum atomic E-state index is -0.185. The molecule has 0 bridgehead atoms. The summed E-state index contributed by atoms with van der Waals surface area (Å²) < 4.78 is 10.8. The van der Waals surface area contributed by atoms with Gasteiger partial charge in [-0.05, 0) is 56.7 Å². The molecular weight excluding hydrogens is 384 g/mol. The van der Waals surface area contributed by atoms with Crippen LogP contribution in [0.5, 0.6) is 11.5 Å². The summed E-state index contributed by atoms with van der Waals surface area (Å²) in [5.74, 6) is 0.900. The van der Waals surface area contributed by atoms with Gasteiger partial charge in [0.2, 0.25) is 0 Å². The Balaban J connectivity index is 2.04. The second-order valence-electron chi connectivity index (χ2n) is 8.22. The molecule has 0 aromatic heterocycles. The SMILES string of the molecule is CC=Cc1ccc(OC(=O)CCCCCCC/C=C\CCCCCCCC)c(OC)c1. The fourth-order valence-corrected chi connectivity index (χ4v) is 3.58. The predicted molar refractivity (Wildman–Crippen MR) is 133 cm³/mol. The van der Waals surface area contributed by atoms with Crippen molar-refractivity contribution in [2.75, 3.05) is 7.11 Å². The summed E-state index contributed by atoms with van der Waals surface area (Å²) in [5, 5.41) is 0. The number of carbonyl (C=O) groups is 1. The smallest absolute Gasteiger partial charge is 0.311 e. The summed E-state index contributed by atoms with van der Waals surface area (Å²) in [4.78, 5) is 12.1. The zero-order chi connectivity index (χ0) is 22.6. The number of methoxy groups -OCH3 is 1. The highest BCUT2D eigenvalue weighted by atomic mass is 16.6. The molecule has 0 spiro atoms. The van der Waals surface area contributed by atoms with Crippen LogP contribution in [0.1, 0.15) is 109 Å². The van der Waals surface area contributed by atoms with E-state index in [-0.39, 0.29) is 5.97 Å². The maximum Gasteiger partial charge on any atom is 0.311 e. The second kappa shape index (κ2) is 18.7. The molecule has 174 valence electrons. The lowest BCUT2D eigenvalue weighted by Crippen LogP contribution is -2.08. The van der Waals surface area contributed by atoms with Crippen molar-refractivity contribution in [3.05, 3.63) is 42.0 Å². The van der Waals surface area contributed by atoms with Crippen LogP contribution in [0.25, 0.3) is 6.08 Å². The van der Waals surface area contributed by atoms with Crippen LogP contribution < -0.4 is 9.47 Å². The third kappa shape index (κ3) is 13.8. The van der Waals surface area contributed by atoms with Crippen LogP contribution in [0.2, 0.25) is 0 Å². The minimum absolute atomic E-state index is 0.185. The van der Waals surface area contributed by atoms with Crippen LogP contribution in [0, 0.1) is 0 Å². The van der Waals surface area contributed by atoms with Crippen LogP contribution in [0.15, 0.2) is 36.4 Å². The normalized spacial score (nSPS) is 11.5. The van der Waals surface area contributed by atoms with Gasteiger partial charge in [0.25, 0.3) is 0 Å². The summed E-state index contributed by atoms with van der Waals surface area (Å²) in [6, 6.07) is 5.60. The van der Waals surface area contributed by atoms with Crippen LogP contribution in [-0.4, -0.2) is 13.1 Å². The van der Waals surface area contributed by atoms with E-state index in [0.717, 1.165) is 18.4 Å². The molecule has 0 fully saturated rings. The van der Waals surface area contributed by atoms with E-state index in [1.54, 1.807) is 13.2 Å². The number of carbonyl (C=O) groups excluding carboxylic acids is 1. The van der Waals surface area contributed by atoms with E-state index in [2.05, 4.69) is 19.1 Å². The van der Waals surface area contributed by atoms with Gasteiger partial charge in [0.1, 0.15) is 0 Å². The van der Waals surface area contributed by atoms with Crippen molar-refractivity contribution in [3.8, 4) is 11.5 Å². The van der Waals surface area contributed by atoms with Crippen molar-refractivity contribution in [2.24, 2.45) is 0 Å². The van der Waals surface area contributed by atoms with Gasteiger partial charge in [-0.25, -0.2) is 0 Å². The molecule has 3 nitrogen and oxygen atoms in total. The average Bonchev–Trinajstić information content (AvgIpc) is 2.77. The third-order valence-corrected chi connectivity index (χ3v) is 5.41. The molecule has 1 rings (SSSR count). The van der Waals surface area contributed by atoms with Crippen LogP contribution in [0.4, 0.5) is 0 Å². The van der Waals surface area contributed by atoms with Crippen molar-refractivity contribution >= 4 is 12.0 Å². The quantitative estimate of drug-likeness (QED) is 0.101. The zero-order valence-electron chi connectivity index (χ0n) is 20.2. The van der Waals surface area contributed by atoms with E-state index in [0.29, 0.717) is 17.9 Å². The van der Waals surface area contributed by atoms with E-state index in [9.17, 15) is 4.79 Å². The molecule has 0 unspecified atom stereocenters. The topological polar surface area (TPSA) is 35.5 Å². The fraction of sp³-hybridized carbons (Fsp3) is 0.607. The Morgan fingerprint density at radius 1 is 0.839 bits per heavy atom. The van der Waals surface area contributed by atoms with E-state index in [4.69, 9.17) is 9.47 Å². The summed E-state index contributed by atoms with van der Waals surface area (Å²) in [6.07, 6.45) is 25.4. The van der Waals surface area contributed by atoms with Crippen molar-refractivity contribution in [1.29, 1.82) is 0 Å². The molecule has 0 aliphatic heterocycles. The molecule has 0 saturated carbocycles. The number of hydrogen-bond acceptors (Lipinski definition) is 3. The van der Waals surface area contributed by atoms with Gasteiger partial charge in [-0.1, -0.05) is 88.7 Å². The first kappa shape index (κ1) is 27.0. The monoisotopic (exact) mass is 428 g/mol. The molecule has 0 N–H and O–H groups in total. The van der Waals surface area contributed by atoms with E-state index >= 15 is 0 Å². The lowest BCUT2D eigenvalue weighted by molar-refractivity contribution is -0.134. The molecule has 0 radical (unpaired) electrons. The number of unbranched alkanes of at least 4 members (excludes halogenated alkanes) is 11. The lowest BCUT2D eigenvalue weighted by Gasteiger charge is -2.10. The lowest BCUT2D eigenvalue weighted by atomic mass is 10.1. The van der Waals surface area contributed by atoms with Gasteiger partial charge < -0.3 is 9.47 Å². The molecular formula is C28H44O3. The Labute approximate surface area is 190 Å². The van der Waals surface area contributed by atoms with E-state index in [1.807, 2.05) is 31.2 Å². The van der Waals surface area contributed by atoms with Crippen LogP contribution in [0.3, 0.4) is 0 Å². The fourth-order valence-electron chi connectivity index (χ4n) is 3.58. The summed E-state index contributed by atoms with van der Waals surface area (Å²) in [7, 11) is 1.59. The summed E-state index contributed by atoms with van der Waals surface area (Å²) in [5.41, 5.74) is 1.02. The van der Waals surface area contributed by atoms with Gasteiger partial charge in [-0.3, -0.25) is 4.79 Å². The number of rotatable bonds is 18. The highest BCUT2D eigenvalue weighted by molar-refractivity contribution is 5.73. The van der Waals surface area contributed by atoms with E-state index < -0.39 is 0 Å². The molecule has 0 aliphatic rings. The largest absolute Gasteiger partial charge is 0.493 e. The Kier molecular flexibility index (Phi) is 16.3. The highest BCUT2D eigenvalue weighted by Gasteiger charge is 2.10. The number of ether oxygens (including phenoxy) is 2. The molecule has 1 aromatic rings. The first-order valence-corrected chi connectivity index (χ1v) is 12.4. The van der Waals surface area contributed by atoms with E-state index in [1.165, 1.54) is 70.6 Å². The van der Waals surface area contributed by atoms with Crippen molar-refractivity contribution in [3.63, 3.8) is 0 Å². The molecule has 0 saturated heterocycles. The van der Waals surface area contributed by atoms with Gasteiger partial charge in [-0.2, -0.15) is 0 Å². The molecule has 0 amide bonds. The first-order valence-electron chi connectivity index (χ1n) is 12.4. The summed E-state index contributed by atoms with van der Waals surface area (Å²) in [6.45, 7) is 4.23. The maximum absolute atomic E-state index is 12.1. The Morgan fingerprint density at radius 2 is 1.45 bits per heavy atom. The van der Waals surface area contributed by atoms with Gasteiger partial charge in [0.15, 0.2) is 11.5 Å². The molecule has 3 heteroatoms. The van der Waals surface area contributed by atoms with Crippen LogP contribution >= 0.6 is 0 Å². The highest BCUT2D eigenvalue weighted by Crippen LogP contribution is 2.29. The van der Waals surface area contributed by atoms with Crippen molar-refractivity contribution in [1.82, 2.24) is 0 Å². The standard InChI is InChI=1S/C28H44O3/c1-4-6-7-8-9-10-11-12-13-14-15-16-17-18-19-21-28(29)31-26-23-22-25(20-5-2)24-27(26)30-3/h5,12-13,20,22-24H,4,6-11,14-19,21H2,1-3H3/b13-12-,20-5?. The van der Waals surface area contributed by atoms with Gasteiger partial charge >= 0.3 is 5.97 Å². The summed E-state index contributed by atoms with van der Waals surface area (Å²) >= 11 is 0.